The van der Waals surface area contributed by atoms with Gasteiger partial charge in [-0.15, -0.1) is 11.3 Å². The van der Waals surface area contributed by atoms with Gasteiger partial charge in [-0.3, -0.25) is 9.59 Å². The number of carbonyl (C=O) groups excluding carboxylic acids is 2. The van der Waals surface area contributed by atoms with E-state index in [1.54, 1.807) is 23.1 Å². The first kappa shape index (κ1) is 20.4. The van der Waals surface area contributed by atoms with Crippen molar-refractivity contribution >= 4 is 45.2 Å². The molecule has 3 rings (SSSR count). The number of hydrogen-bond donors (Lipinski definition) is 1. The van der Waals surface area contributed by atoms with Gasteiger partial charge in [0.05, 0.1) is 16.3 Å². The first-order valence-corrected chi connectivity index (χ1v) is 10.9. The molecule has 1 heterocycles. The van der Waals surface area contributed by atoms with Gasteiger partial charge in [-0.2, -0.15) is 0 Å². The van der Waals surface area contributed by atoms with Gasteiger partial charge in [0.15, 0.2) is 10.9 Å². The van der Waals surface area contributed by atoms with E-state index in [1.807, 2.05) is 55.5 Å². The summed E-state index contributed by atoms with van der Waals surface area (Å²) in [5, 5.41) is 2.83. The molecule has 5 nitrogen and oxygen atoms in total. The summed E-state index contributed by atoms with van der Waals surface area (Å²) >= 11 is 3.30. The molecule has 7 heteroatoms. The maximum Gasteiger partial charge on any atom is 0.306 e. The molecule has 1 N–H and O–H groups in total. The highest BCUT2D eigenvalue weighted by molar-refractivity contribution is 8.01. The Morgan fingerprint density at radius 3 is 2.68 bits per heavy atom. The van der Waals surface area contributed by atoms with Crippen LogP contribution in [0, 0.1) is 0 Å². The number of amides is 1. The summed E-state index contributed by atoms with van der Waals surface area (Å²) in [6.07, 6.45) is 0.973. The molecule has 0 unspecified atom stereocenters. The Morgan fingerprint density at radius 2 is 1.89 bits per heavy atom. The number of para-hydroxylation sites is 1. The quantitative estimate of drug-likeness (QED) is 0.315. The van der Waals surface area contributed by atoms with E-state index in [9.17, 15) is 9.59 Å². The molecule has 3 aromatic rings. The number of benzene rings is 2. The van der Waals surface area contributed by atoms with Gasteiger partial charge in [-0.05, 0) is 31.0 Å². The summed E-state index contributed by atoms with van der Waals surface area (Å²) < 4.78 is 7.24. The van der Waals surface area contributed by atoms with E-state index in [2.05, 4.69) is 16.4 Å². The van der Waals surface area contributed by atoms with E-state index in [1.165, 1.54) is 4.70 Å². The first-order chi connectivity index (χ1) is 13.6. The number of thioether (sulfide) groups is 1. The molecular weight excluding hydrogens is 392 g/mol. The standard InChI is InChI=1S/C21H22N2O3S2/c1-15(16-8-3-2-4-9-16)22-19(24)14-26-20(25)12-7-13-27-21-23-17-10-5-6-11-18(17)28-21/h2-6,8-11,15H,7,12-14H2,1H3,(H,22,24)/t15-/m0/s1. The third-order valence-electron chi connectivity index (χ3n) is 4.07. The minimum Gasteiger partial charge on any atom is -0.456 e. The van der Waals surface area contributed by atoms with Gasteiger partial charge in [0, 0.05) is 12.2 Å². The minimum atomic E-state index is -0.354. The second kappa shape index (κ2) is 10.2. The molecule has 1 aromatic heterocycles. The Morgan fingerprint density at radius 1 is 1.14 bits per heavy atom. The van der Waals surface area contributed by atoms with E-state index < -0.39 is 0 Å². The normalized spacial score (nSPS) is 11.9. The summed E-state index contributed by atoms with van der Waals surface area (Å²) in [6, 6.07) is 17.6. The molecule has 0 saturated heterocycles. The van der Waals surface area contributed by atoms with Crippen LogP contribution in [-0.4, -0.2) is 29.2 Å². The highest BCUT2D eigenvalue weighted by atomic mass is 32.2. The highest BCUT2D eigenvalue weighted by Gasteiger charge is 2.12. The summed E-state index contributed by atoms with van der Waals surface area (Å²) in [5.41, 5.74) is 2.01. The van der Waals surface area contributed by atoms with Crippen LogP contribution in [0.15, 0.2) is 58.9 Å². The topological polar surface area (TPSA) is 68.3 Å². The number of nitrogens with one attached hydrogen (secondary N) is 1. The average Bonchev–Trinajstić information content (AvgIpc) is 3.13. The Labute approximate surface area is 172 Å². The summed E-state index contributed by atoms with van der Waals surface area (Å²) in [5.74, 6) is 0.132. The number of aromatic nitrogens is 1. The second-order valence-electron chi connectivity index (χ2n) is 6.26. The zero-order valence-electron chi connectivity index (χ0n) is 15.6. The first-order valence-electron chi connectivity index (χ1n) is 9.10. The molecule has 28 heavy (non-hydrogen) atoms. The number of fused-ring (bicyclic) bond motifs is 1. The number of ether oxygens (including phenoxy) is 1. The number of rotatable bonds is 9. The van der Waals surface area contributed by atoms with Crippen LogP contribution >= 0.6 is 23.1 Å². The zero-order chi connectivity index (χ0) is 19.8. The van der Waals surface area contributed by atoms with E-state index in [-0.39, 0.29) is 24.5 Å². The molecule has 1 amide bonds. The lowest BCUT2D eigenvalue weighted by Crippen LogP contribution is -2.31. The van der Waals surface area contributed by atoms with Gasteiger partial charge in [0.2, 0.25) is 0 Å². The average molecular weight is 415 g/mol. The van der Waals surface area contributed by atoms with E-state index >= 15 is 0 Å². The van der Waals surface area contributed by atoms with Crippen LogP contribution in [0.1, 0.15) is 31.4 Å². The van der Waals surface area contributed by atoms with Gasteiger partial charge in [-0.25, -0.2) is 4.98 Å². The van der Waals surface area contributed by atoms with Gasteiger partial charge in [-0.1, -0.05) is 54.2 Å². The van der Waals surface area contributed by atoms with Gasteiger partial charge >= 0.3 is 5.97 Å². The molecule has 0 spiro atoms. The molecule has 0 bridgehead atoms. The number of carbonyl (C=O) groups is 2. The van der Waals surface area contributed by atoms with E-state index in [4.69, 9.17) is 4.74 Å². The molecule has 0 aliphatic carbocycles. The molecule has 0 fully saturated rings. The van der Waals surface area contributed by atoms with Crippen LogP contribution in [0.4, 0.5) is 0 Å². The summed E-state index contributed by atoms with van der Waals surface area (Å²) in [6.45, 7) is 1.65. The van der Waals surface area contributed by atoms with Crippen molar-refractivity contribution in [2.75, 3.05) is 12.4 Å². The SMILES string of the molecule is C[C@H](NC(=O)COC(=O)CCCSc1nc2ccccc2s1)c1ccccc1. The lowest BCUT2D eigenvalue weighted by Gasteiger charge is -2.14. The fourth-order valence-corrected chi connectivity index (χ4v) is 4.69. The molecule has 0 radical (unpaired) electrons. The van der Waals surface area contributed by atoms with Crippen molar-refractivity contribution in [1.82, 2.24) is 10.3 Å². The van der Waals surface area contributed by atoms with Crippen LogP contribution < -0.4 is 5.32 Å². The van der Waals surface area contributed by atoms with Crippen LogP contribution in [-0.2, 0) is 14.3 Å². The second-order valence-corrected chi connectivity index (χ2v) is 8.63. The van der Waals surface area contributed by atoms with Gasteiger partial charge in [0.1, 0.15) is 0 Å². The number of nitrogens with zero attached hydrogens (tertiary/aromatic N) is 1. The number of hydrogen-bond acceptors (Lipinski definition) is 6. The predicted molar refractivity (Wildman–Crippen MR) is 114 cm³/mol. The lowest BCUT2D eigenvalue weighted by atomic mass is 10.1. The van der Waals surface area contributed by atoms with Crippen molar-refractivity contribution in [1.29, 1.82) is 0 Å². The highest BCUT2D eigenvalue weighted by Crippen LogP contribution is 2.29. The molecule has 0 aliphatic rings. The van der Waals surface area contributed by atoms with Crippen molar-refractivity contribution in [2.45, 2.75) is 30.1 Å². The van der Waals surface area contributed by atoms with Crippen molar-refractivity contribution in [3.05, 3.63) is 60.2 Å². The lowest BCUT2D eigenvalue weighted by molar-refractivity contribution is -0.148. The van der Waals surface area contributed by atoms with Crippen molar-refractivity contribution in [2.24, 2.45) is 0 Å². The molecule has 2 aromatic carbocycles. The van der Waals surface area contributed by atoms with Crippen molar-refractivity contribution in [3.63, 3.8) is 0 Å². The molecule has 0 saturated carbocycles. The Balaban J connectivity index is 1.31. The van der Waals surface area contributed by atoms with Gasteiger partial charge in [0.25, 0.3) is 5.91 Å². The fraction of sp³-hybridized carbons (Fsp3) is 0.286. The number of esters is 1. The summed E-state index contributed by atoms with van der Waals surface area (Å²) in [7, 11) is 0. The molecular formula is C21H22N2O3S2. The van der Waals surface area contributed by atoms with Crippen LogP contribution in [0.5, 0.6) is 0 Å². The van der Waals surface area contributed by atoms with E-state index in [0.29, 0.717) is 12.8 Å². The van der Waals surface area contributed by atoms with Crippen LogP contribution in [0.3, 0.4) is 0 Å². The minimum absolute atomic E-state index is 0.127. The Kier molecular flexibility index (Phi) is 7.45. The summed E-state index contributed by atoms with van der Waals surface area (Å²) in [4.78, 5) is 28.3. The third kappa shape index (κ3) is 6.07. The smallest absolute Gasteiger partial charge is 0.306 e. The Bertz CT molecular complexity index is 895. The van der Waals surface area contributed by atoms with E-state index in [0.717, 1.165) is 21.2 Å². The monoisotopic (exact) mass is 414 g/mol. The molecule has 0 aliphatic heterocycles. The molecule has 1 atom stereocenters. The molecule has 146 valence electrons. The van der Waals surface area contributed by atoms with Crippen molar-refractivity contribution in [3.8, 4) is 0 Å². The fourth-order valence-electron chi connectivity index (χ4n) is 2.62. The largest absolute Gasteiger partial charge is 0.456 e. The van der Waals surface area contributed by atoms with Gasteiger partial charge < -0.3 is 10.1 Å². The van der Waals surface area contributed by atoms with Crippen LogP contribution in [0.2, 0.25) is 0 Å². The van der Waals surface area contributed by atoms with Crippen molar-refractivity contribution < 1.29 is 14.3 Å². The maximum atomic E-state index is 11.9. The maximum absolute atomic E-state index is 11.9. The third-order valence-corrected chi connectivity index (χ3v) is 6.33. The zero-order valence-corrected chi connectivity index (χ0v) is 17.2. The number of thiazole rings is 1. The predicted octanol–water partition coefficient (Wildman–Crippen LogP) is 4.59. The Hall–Kier alpha value is -2.38. The van der Waals surface area contributed by atoms with Crippen LogP contribution in [0.25, 0.3) is 10.2 Å².